The molecule has 0 bridgehead atoms. The highest BCUT2D eigenvalue weighted by Crippen LogP contribution is 2.12. The quantitative estimate of drug-likeness (QED) is 0.826. The van der Waals surface area contributed by atoms with Crippen molar-refractivity contribution in [1.29, 1.82) is 0 Å². The molecule has 0 aromatic heterocycles. The first-order chi connectivity index (χ1) is 8.81. The zero-order chi connectivity index (χ0) is 12.8. The number of hydrogen-bond donors (Lipinski definition) is 1. The summed E-state index contributed by atoms with van der Waals surface area (Å²) in [6.45, 7) is 2.32. The van der Waals surface area contributed by atoms with E-state index in [0.29, 0.717) is 18.2 Å². The number of hydrogen-bond acceptors (Lipinski definition) is 4. The van der Waals surface area contributed by atoms with Gasteiger partial charge in [0.1, 0.15) is 0 Å². The number of esters is 1. The first-order valence-electron chi connectivity index (χ1n) is 6.28. The predicted molar refractivity (Wildman–Crippen MR) is 68.5 cm³/mol. The molecule has 0 aliphatic carbocycles. The van der Waals surface area contributed by atoms with Gasteiger partial charge in [0.2, 0.25) is 0 Å². The van der Waals surface area contributed by atoms with Gasteiger partial charge in [-0.2, -0.15) is 0 Å². The van der Waals surface area contributed by atoms with E-state index in [2.05, 4.69) is 5.32 Å². The Hall–Kier alpha value is -1.39. The molecule has 1 aromatic rings. The van der Waals surface area contributed by atoms with Crippen LogP contribution in [0.1, 0.15) is 28.8 Å². The van der Waals surface area contributed by atoms with Gasteiger partial charge in [-0.15, -0.1) is 0 Å². The minimum Gasteiger partial charge on any atom is -0.465 e. The molecule has 1 aliphatic rings. The summed E-state index contributed by atoms with van der Waals surface area (Å²) in [5, 5.41) is 3.47. The van der Waals surface area contributed by atoms with E-state index in [4.69, 9.17) is 9.47 Å². The van der Waals surface area contributed by atoms with Crippen LogP contribution >= 0.6 is 0 Å². The zero-order valence-electron chi connectivity index (χ0n) is 10.6. The summed E-state index contributed by atoms with van der Waals surface area (Å²) < 4.78 is 10.1. The molecule has 1 heterocycles. The lowest BCUT2D eigenvalue weighted by molar-refractivity contribution is 0.0598. The van der Waals surface area contributed by atoms with Crippen LogP contribution in [0.5, 0.6) is 0 Å². The van der Waals surface area contributed by atoms with Gasteiger partial charge < -0.3 is 14.8 Å². The lowest BCUT2D eigenvalue weighted by Gasteiger charge is -2.23. The molecular formula is C14H19NO3. The number of benzene rings is 1. The maximum atomic E-state index is 11.6. The molecule has 1 N–H and O–H groups in total. The van der Waals surface area contributed by atoms with Gasteiger partial charge in [0.25, 0.3) is 0 Å². The van der Waals surface area contributed by atoms with Gasteiger partial charge in [-0.1, -0.05) is 18.2 Å². The molecule has 0 spiro atoms. The molecule has 0 atom stereocenters. The van der Waals surface area contributed by atoms with E-state index < -0.39 is 0 Å². The third-order valence-electron chi connectivity index (χ3n) is 3.23. The van der Waals surface area contributed by atoms with Crippen molar-refractivity contribution >= 4 is 5.97 Å². The molecule has 4 nitrogen and oxygen atoms in total. The second-order valence-corrected chi connectivity index (χ2v) is 4.42. The van der Waals surface area contributed by atoms with Crippen molar-refractivity contribution in [1.82, 2.24) is 5.32 Å². The molecule has 2 rings (SSSR count). The van der Waals surface area contributed by atoms with Crippen LogP contribution in [0.15, 0.2) is 24.3 Å². The zero-order valence-corrected chi connectivity index (χ0v) is 10.6. The molecule has 1 aromatic carbocycles. The molecular weight excluding hydrogens is 230 g/mol. The van der Waals surface area contributed by atoms with Crippen molar-refractivity contribution in [2.75, 3.05) is 20.3 Å². The van der Waals surface area contributed by atoms with Crippen LogP contribution in [0, 0.1) is 0 Å². The van der Waals surface area contributed by atoms with Crippen molar-refractivity contribution in [3.63, 3.8) is 0 Å². The topological polar surface area (TPSA) is 47.6 Å². The summed E-state index contributed by atoms with van der Waals surface area (Å²) in [6.07, 6.45) is 2.06. The van der Waals surface area contributed by atoms with E-state index in [1.807, 2.05) is 18.2 Å². The minimum atomic E-state index is -0.278. The third-order valence-corrected chi connectivity index (χ3v) is 3.23. The SMILES string of the molecule is COC(=O)c1ccccc1CNC1CCOCC1. The van der Waals surface area contributed by atoms with Crippen LogP contribution in [-0.4, -0.2) is 32.3 Å². The number of nitrogens with one attached hydrogen (secondary N) is 1. The van der Waals surface area contributed by atoms with E-state index in [9.17, 15) is 4.79 Å². The summed E-state index contributed by atoms with van der Waals surface area (Å²) in [5.74, 6) is -0.278. The molecule has 0 radical (unpaired) electrons. The monoisotopic (exact) mass is 249 g/mol. The standard InChI is InChI=1S/C14H19NO3/c1-17-14(16)13-5-3-2-4-11(13)10-15-12-6-8-18-9-7-12/h2-5,12,15H,6-10H2,1H3. The predicted octanol–water partition coefficient (Wildman–Crippen LogP) is 1.74. The Balaban J connectivity index is 1.97. The average molecular weight is 249 g/mol. The average Bonchev–Trinajstić information content (AvgIpc) is 2.45. The van der Waals surface area contributed by atoms with Crippen LogP contribution in [0.25, 0.3) is 0 Å². The van der Waals surface area contributed by atoms with Crippen molar-refractivity contribution in [3.8, 4) is 0 Å². The smallest absolute Gasteiger partial charge is 0.338 e. The van der Waals surface area contributed by atoms with E-state index in [0.717, 1.165) is 31.6 Å². The fourth-order valence-electron chi connectivity index (χ4n) is 2.14. The Labute approximate surface area is 107 Å². The Morgan fingerprint density at radius 2 is 2.11 bits per heavy atom. The summed E-state index contributed by atoms with van der Waals surface area (Å²) in [5.41, 5.74) is 1.62. The summed E-state index contributed by atoms with van der Waals surface area (Å²) >= 11 is 0. The third kappa shape index (κ3) is 3.31. The van der Waals surface area contributed by atoms with Crippen LogP contribution in [-0.2, 0) is 16.0 Å². The summed E-state index contributed by atoms with van der Waals surface area (Å²) in [7, 11) is 1.41. The van der Waals surface area contributed by atoms with Gasteiger partial charge in [0.05, 0.1) is 12.7 Å². The maximum absolute atomic E-state index is 11.6. The molecule has 98 valence electrons. The molecule has 1 aliphatic heterocycles. The van der Waals surface area contributed by atoms with E-state index in [1.54, 1.807) is 6.07 Å². The number of carbonyl (C=O) groups excluding carboxylic acids is 1. The van der Waals surface area contributed by atoms with Crippen LogP contribution in [0.2, 0.25) is 0 Å². The Morgan fingerprint density at radius 3 is 2.83 bits per heavy atom. The largest absolute Gasteiger partial charge is 0.465 e. The second-order valence-electron chi connectivity index (χ2n) is 4.42. The van der Waals surface area contributed by atoms with Gasteiger partial charge in [-0.05, 0) is 24.5 Å². The van der Waals surface area contributed by atoms with Gasteiger partial charge in [-0.25, -0.2) is 4.79 Å². The normalized spacial score (nSPS) is 16.5. The lowest BCUT2D eigenvalue weighted by atomic mass is 10.1. The number of carbonyl (C=O) groups is 1. The summed E-state index contributed by atoms with van der Waals surface area (Å²) in [4.78, 5) is 11.6. The second kappa shape index (κ2) is 6.52. The van der Waals surface area contributed by atoms with Crippen molar-refractivity contribution < 1.29 is 14.3 Å². The van der Waals surface area contributed by atoms with Crippen molar-refractivity contribution in [2.45, 2.75) is 25.4 Å². The van der Waals surface area contributed by atoms with Gasteiger partial charge >= 0.3 is 5.97 Å². The number of rotatable bonds is 4. The molecule has 1 fully saturated rings. The fraction of sp³-hybridized carbons (Fsp3) is 0.500. The molecule has 0 unspecified atom stereocenters. The maximum Gasteiger partial charge on any atom is 0.338 e. The Bertz CT molecular complexity index is 400. The van der Waals surface area contributed by atoms with E-state index in [-0.39, 0.29) is 5.97 Å². The number of ether oxygens (including phenoxy) is 2. The molecule has 18 heavy (non-hydrogen) atoms. The van der Waals surface area contributed by atoms with E-state index in [1.165, 1.54) is 7.11 Å². The molecule has 1 saturated heterocycles. The highest BCUT2D eigenvalue weighted by atomic mass is 16.5. The molecule has 4 heteroatoms. The van der Waals surface area contributed by atoms with Crippen LogP contribution in [0.4, 0.5) is 0 Å². The molecule has 0 amide bonds. The Kier molecular flexibility index (Phi) is 4.73. The fourth-order valence-corrected chi connectivity index (χ4v) is 2.14. The van der Waals surface area contributed by atoms with Crippen molar-refractivity contribution in [2.24, 2.45) is 0 Å². The van der Waals surface area contributed by atoms with Gasteiger partial charge in [-0.3, -0.25) is 0 Å². The first-order valence-corrected chi connectivity index (χ1v) is 6.28. The van der Waals surface area contributed by atoms with E-state index >= 15 is 0 Å². The van der Waals surface area contributed by atoms with Crippen molar-refractivity contribution in [3.05, 3.63) is 35.4 Å². The van der Waals surface area contributed by atoms with Crippen LogP contribution < -0.4 is 5.32 Å². The first kappa shape index (κ1) is 13.1. The van der Waals surface area contributed by atoms with Gasteiger partial charge in [0.15, 0.2) is 0 Å². The Morgan fingerprint density at radius 1 is 1.39 bits per heavy atom. The lowest BCUT2D eigenvalue weighted by Crippen LogP contribution is -2.34. The summed E-state index contributed by atoms with van der Waals surface area (Å²) in [6, 6.07) is 8.02. The van der Waals surface area contributed by atoms with Gasteiger partial charge in [0, 0.05) is 25.8 Å². The minimum absolute atomic E-state index is 0.278. The highest BCUT2D eigenvalue weighted by molar-refractivity contribution is 5.90. The van der Waals surface area contributed by atoms with Crippen LogP contribution in [0.3, 0.4) is 0 Å². The highest BCUT2D eigenvalue weighted by Gasteiger charge is 2.15. The number of methoxy groups -OCH3 is 1. The molecule has 0 saturated carbocycles.